The van der Waals surface area contributed by atoms with E-state index in [1.54, 1.807) is 7.11 Å². The average Bonchev–Trinajstić information content (AvgIpc) is 2.66. The molecule has 0 radical (unpaired) electrons. The Morgan fingerprint density at radius 1 is 1.07 bits per heavy atom. The van der Waals surface area contributed by atoms with Gasteiger partial charge in [0.2, 0.25) is 0 Å². The molecule has 1 atom stereocenters. The van der Waals surface area contributed by atoms with Gasteiger partial charge in [-0.1, -0.05) is 68.7 Å². The number of aliphatic carboxylic acids is 1. The second-order valence-corrected chi connectivity index (χ2v) is 6.90. The maximum absolute atomic E-state index is 11.4. The van der Waals surface area contributed by atoms with Crippen LogP contribution in [0.1, 0.15) is 61.6 Å². The van der Waals surface area contributed by atoms with Crippen molar-refractivity contribution < 1.29 is 19.4 Å². The van der Waals surface area contributed by atoms with Crippen LogP contribution in [0.5, 0.6) is 11.5 Å². The molecule has 2 aromatic carbocycles. The second kappa shape index (κ2) is 10.6. The molecular weight excluding hydrogens is 340 g/mol. The molecule has 0 saturated heterocycles. The van der Waals surface area contributed by atoms with Gasteiger partial charge in [0.15, 0.2) is 11.5 Å². The highest BCUT2D eigenvalue weighted by atomic mass is 16.5. The van der Waals surface area contributed by atoms with E-state index in [0.29, 0.717) is 18.1 Å². The zero-order valence-electron chi connectivity index (χ0n) is 16.5. The van der Waals surface area contributed by atoms with Crippen molar-refractivity contribution in [1.82, 2.24) is 0 Å². The van der Waals surface area contributed by atoms with Crippen LogP contribution < -0.4 is 9.47 Å². The lowest BCUT2D eigenvalue weighted by Gasteiger charge is -2.22. The third-order valence-electron chi connectivity index (χ3n) is 4.79. The summed E-state index contributed by atoms with van der Waals surface area (Å²) in [6.07, 6.45) is 4.14. The fourth-order valence-electron chi connectivity index (χ4n) is 3.34. The summed E-state index contributed by atoms with van der Waals surface area (Å²) in [6.45, 7) is 4.57. The van der Waals surface area contributed by atoms with Crippen LogP contribution in [-0.4, -0.2) is 18.2 Å². The number of benzene rings is 2. The quantitative estimate of drug-likeness (QED) is 0.514. The average molecular weight is 370 g/mol. The molecule has 0 bridgehead atoms. The van der Waals surface area contributed by atoms with Gasteiger partial charge in [-0.25, -0.2) is 0 Å². The van der Waals surface area contributed by atoms with Crippen LogP contribution in [-0.2, 0) is 11.4 Å². The Morgan fingerprint density at radius 3 is 2.44 bits per heavy atom. The lowest BCUT2D eigenvalue weighted by molar-refractivity contribution is -0.137. The molecule has 27 heavy (non-hydrogen) atoms. The largest absolute Gasteiger partial charge is 0.493 e. The maximum Gasteiger partial charge on any atom is 0.303 e. The first kappa shape index (κ1) is 20.8. The summed E-state index contributed by atoms with van der Waals surface area (Å²) >= 11 is 0. The maximum atomic E-state index is 11.4. The van der Waals surface area contributed by atoms with E-state index in [1.807, 2.05) is 49.4 Å². The van der Waals surface area contributed by atoms with Gasteiger partial charge in [0.1, 0.15) is 6.61 Å². The Bertz CT molecular complexity index is 725. The van der Waals surface area contributed by atoms with Gasteiger partial charge in [-0.15, -0.1) is 0 Å². The summed E-state index contributed by atoms with van der Waals surface area (Å²) < 4.78 is 11.8. The summed E-state index contributed by atoms with van der Waals surface area (Å²) in [6, 6.07) is 14.0. The van der Waals surface area contributed by atoms with Crippen LogP contribution >= 0.6 is 0 Å². The fraction of sp³-hybridized carbons (Fsp3) is 0.435. The van der Waals surface area contributed by atoms with E-state index in [2.05, 4.69) is 6.92 Å². The SMILES string of the molecule is CCCCCC(CC(=O)O)c1ccc(C)c(OCc2ccccc2)c1OC. The molecule has 2 aromatic rings. The number of methoxy groups -OCH3 is 1. The number of hydrogen-bond donors (Lipinski definition) is 1. The van der Waals surface area contributed by atoms with Gasteiger partial charge in [-0.3, -0.25) is 4.79 Å². The van der Waals surface area contributed by atoms with Crippen molar-refractivity contribution in [3.05, 3.63) is 59.2 Å². The second-order valence-electron chi connectivity index (χ2n) is 6.90. The standard InChI is InChI=1S/C23H30O4/c1-4-5-7-12-19(15-21(24)25)20-14-13-17(2)22(23(20)26-3)27-16-18-10-8-6-9-11-18/h6,8-11,13-14,19H,4-5,7,12,15-16H2,1-3H3,(H,24,25). The van der Waals surface area contributed by atoms with Crippen molar-refractivity contribution in [2.75, 3.05) is 7.11 Å². The molecule has 0 aromatic heterocycles. The minimum Gasteiger partial charge on any atom is -0.493 e. The molecule has 0 aliphatic rings. The molecule has 4 heteroatoms. The van der Waals surface area contributed by atoms with Crippen LogP contribution in [0.25, 0.3) is 0 Å². The molecule has 1 unspecified atom stereocenters. The smallest absolute Gasteiger partial charge is 0.303 e. The highest BCUT2D eigenvalue weighted by Gasteiger charge is 2.23. The number of ether oxygens (including phenoxy) is 2. The number of hydrogen-bond acceptors (Lipinski definition) is 3. The topological polar surface area (TPSA) is 55.8 Å². The number of unbranched alkanes of at least 4 members (excludes halogenated alkanes) is 2. The normalized spacial score (nSPS) is 11.8. The van der Waals surface area contributed by atoms with E-state index < -0.39 is 5.97 Å². The molecule has 0 saturated carbocycles. The van der Waals surface area contributed by atoms with Gasteiger partial charge in [0.25, 0.3) is 0 Å². The highest BCUT2D eigenvalue weighted by Crippen LogP contribution is 2.41. The minimum absolute atomic E-state index is 0.0799. The molecule has 4 nitrogen and oxygen atoms in total. The Labute approximate surface area is 162 Å². The van der Waals surface area contributed by atoms with Crippen LogP contribution in [0.2, 0.25) is 0 Å². The Balaban J connectivity index is 2.30. The number of rotatable bonds is 11. The molecule has 0 heterocycles. The molecule has 1 N–H and O–H groups in total. The van der Waals surface area contributed by atoms with Gasteiger partial charge in [-0.05, 0) is 30.4 Å². The van der Waals surface area contributed by atoms with Gasteiger partial charge >= 0.3 is 5.97 Å². The van der Waals surface area contributed by atoms with Crippen molar-refractivity contribution in [2.24, 2.45) is 0 Å². The zero-order chi connectivity index (χ0) is 19.6. The predicted molar refractivity (Wildman–Crippen MR) is 108 cm³/mol. The molecule has 0 aliphatic carbocycles. The van der Waals surface area contributed by atoms with Crippen molar-refractivity contribution >= 4 is 5.97 Å². The van der Waals surface area contributed by atoms with Gasteiger partial charge in [-0.2, -0.15) is 0 Å². The van der Waals surface area contributed by atoms with Crippen LogP contribution in [0, 0.1) is 6.92 Å². The summed E-state index contributed by atoms with van der Waals surface area (Å²) in [5.41, 5.74) is 2.98. The summed E-state index contributed by atoms with van der Waals surface area (Å²) in [5, 5.41) is 9.37. The number of aryl methyl sites for hydroxylation is 1. The number of carbonyl (C=O) groups is 1. The Kier molecular flexibility index (Phi) is 8.18. The van der Waals surface area contributed by atoms with Crippen molar-refractivity contribution in [1.29, 1.82) is 0 Å². The Hall–Kier alpha value is -2.49. The third kappa shape index (κ3) is 6.02. The minimum atomic E-state index is -0.786. The van der Waals surface area contributed by atoms with E-state index in [9.17, 15) is 9.90 Å². The van der Waals surface area contributed by atoms with Gasteiger partial charge in [0.05, 0.1) is 13.5 Å². The van der Waals surface area contributed by atoms with Gasteiger partial charge in [0, 0.05) is 5.56 Å². The van der Waals surface area contributed by atoms with E-state index >= 15 is 0 Å². The van der Waals surface area contributed by atoms with E-state index in [-0.39, 0.29) is 12.3 Å². The molecule has 0 fully saturated rings. The molecule has 0 amide bonds. The first-order valence-electron chi connectivity index (χ1n) is 9.62. The summed E-state index contributed by atoms with van der Waals surface area (Å²) in [7, 11) is 1.62. The first-order valence-corrected chi connectivity index (χ1v) is 9.62. The highest BCUT2D eigenvalue weighted by molar-refractivity contribution is 5.68. The first-order chi connectivity index (χ1) is 13.1. The lowest BCUT2D eigenvalue weighted by Crippen LogP contribution is -2.10. The summed E-state index contributed by atoms with van der Waals surface area (Å²) in [5.74, 6) is 0.493. The molecule has 0 aliphatic heterocycles. The van der Waals surface area contributed by atoms with Crippen LogP contribution in [0.3, 0.4) is 0 Å². The zero-order valence-corrected chi connectivity index (χ0v) is 16.5. The van der Waals surface area contributed by atoms with Crippen molar-refractivity contribution in [3.63, 3.8) is 0 Å². The lowest BCUT2D eigenvalue weighted by atomic mass is 9.88. The molecule has 0 spiro atoms. The molecule has 2 rings (SSSR count). The van der Waals surface area contributed by atoms with E-state index in [1.165, 1.54) is 0 Å². The fourth-order valence-corrected chi connectivity index (χ4v) is 3.34. The monoisotopic (exact) mass is 370 g/mol. The Morgan fingerprint density at radius 2 is 1.81 bits per heavy atom. The number of carboxylic acid groups (broad SMARTS) is 1. The van der Waals surface area contributed by atoms with Crippen LogP contribution in [0.4, 0.5) is 0 Å². The predicted octanol–water partition coefficient (Wildman–Crippen LogP) is 5.72. The summed E-state index contributed by atoms with van der Waals surface area (Å²) in [4.78, 5) is 11.4. The molecular formula is C23H30O4. The van der Waals surface area contributed by atoms with Gasteiger partial charge < -0.3 is 14.6 Å². The van der Waals surface area contributed by atoms with Crippen molar-refractivity contribution in [2.45, 2.75) is 58.5 Å². The van der Waals surface area contributed by atoms with E-state index in [0.717, 1.165) is 42.4 Å². The third-order valence-corrected chi connectivity index (χ3v) is 4.79. The van der Waals surface area contributed by atoms with Crippen molar-refractivity contribution in [3.8, 4) is 11.5 Å². The number of carboxylic acids is 1. The van der Waals surface area contributed by atoms with Crippen LogP contribution in [0.15, 0.2) is 42.5 Å². The van der Waals surface area contributed by atoms with E-state index in [4.69, 9.17) is 9.47 Å². The molecule has 146 valence electrons.